The van der Waals surface area contributed by atoms with Crippen molar-refractivity contribution in [2.24, 2.45) is 11.8 Å². The normalized spacial score (nSPS) is 17.4. The highest BCUT2D eigenvalue weighted by Gasteiger charge is 2.20. The lowest BCUT2D eigenvalue weighted by molar-refractivity contribution is -0.124. The first-order valence-corrected chi connectivity index (χ1v) is 7.69. The summed E-state index contributed by atoms with van der Waals surface area (Å²) in [5.74, 6) is 0.912. The molecular formula is C17H26N2O. The molecule has 1 aromatic rings. The molecule has 1 fully saturated rings. The summed E-state index contributed by atoms with van der Waals surface area (Å²) in [7, 11) is 0. The predicted molar refractivity (Wildman–Crippen MR) is 82.3 cm³/mol. The summed E-state index contributed by atoms with van der Waals surface area (Å²) in [5.41, 5.74) is 1.39. The van der Waals surface area contributed by atoms with E-state index >= 15 is 0 Å². The first-order valence-electron chi connectivity index (χ1n) is 7.69. The van der Waals surface area contributed by atoms with Crippen LogP contribution in [-0.4, -0.2) is 30.4 Å². The van der Waals surface area contributed by atoms with Crippen LogP contribution in [0.4, 0.5) is 0 Å². The summed E-state index contributed by atoms with van der Waals surface area (Å²) in [6, 6.07) is 10.6. The van der Waals surface area contributed by atoms with Gasteiger partial charge in [0.2, 0.25) is 5.91 Å². The average molecular weight is 274 g/mol. The van der Waals surface area contributed by atoms with Gasteiger partial charge in [-0.05, 0) is 37.4 Å². The summed E-state index contributed by atoms with van der Waals surface area (Å²) >= 11 is 0. The third-order valence-corrected chi connectivity index (χ3v) is 4.05. The van der Waals surface area contributed by atoms with Crippen LogP contribution in [0.1, 0.15) is 32.3 Å². The maximum Gasteiger partial charge on any atom is 0.222 e. The summed E-state index contributed by atoms with van der Waals surface area (Å²) in [5, 5.41) is 3.06. The molecule has 1 saturated heterocycles. The van der Waals surface area contributed by atoms with Crippen LogP contribution in [-0.2, 0) is 11.3 Å². The maximum atomic E-state index is 11.6. The van der Waals surface area contributed by atoms with E-state index in [9.17, 15) is 4.79 Å². The van der Waals surface area contributed by atoms with E-state index in [0.29, 0.717) is 5.92 Å². The minimum Gasteiger partial charge on any atom is -0.356 e. The van der Waals surface area contributed by atoms with Crippen molar-refractivity contribution in [3.8, 4) is 0 Å². The molecule has 0 aromatic heterocycles. The zero-order valence-corrected chi connectivity index (χ0v) is 12.6. The van der Waals surface area contributed by atoms with Crippen molar-refractivity contribution in [1.82, 2.24) is 10.2 Å². The highest BCUT2D eigenvalue weighted by molar-refractivity contribution is 5.77. The number of carbonyl (C=O) groups is 1. The summed E-state index contributed by atoms with van der Waals surface area (Å²) < 4.78 is 0. The number of benzene rings is 1. The smallest absolute Gasteiger partial charge is 0.222 e. The molecule has 0 spiro atoms. The fourth-order valence-electron chi connectivity index (χ4n) is 2.64. The van der Waals surface area contributed by atoms with E-state index in [1.165, 1.54) is 18.4 Å². The van der Waals surface area contributed by atoms with Gasteiger partial charge in [-0.15, -0.1) is 0 Å². The Balaban J connectivity index is 1.69. The van der Waals surface area contributed by atoms with Crippen molar-refractivity contribution < 1.29 is 4.79 Å². The molecule has 0 saturated carbocycles. The number of nitrogens with zero attached hydrogens (tertiary/aromatic N) is 1. The molecule has 0 atom stereocenters. The number of amides is 1. The molecule has 0 radical (unpaired) electrons. The van der Waals surface area contributed by atoms with Gasteiger partial charge >= 0.3 is 0 Å². The van der Waals surface area contributed by atoms with E-state index in [-0.39, 0.29) is 11.8 Å². The SMILES string of the molecule is CC(C)C(=O)NCC1CCN(Cc2ccccc2)CC1. The van der Waals surface area contributed by atoms with E-state index < -0.39 is 0 Å². The number of carbonyl (C=O) groups excluding carboxylic acids is 1. The Hall–Kier alpha value is -1.35. The number of piperidine rings is 1. The Bertz CT molecular complexity index is 408. The molecule has 0 unspecified atom stereocenters. The molecule has 3 heteroatoms. The molecule has 2 rings (SSSR count). The van der Waals surface area contributed by atoms with E-state index in [2.05, 4.69) is 40.5 Å². The minimum absolute atomic E-state index is 0.0909. The van der Waals surface area contributed by atoms with Crippen LogP contribution in [0.3, 0.4) is 0 Å². The highest BCUT2D eigenvalue weighted by atomic mass is 16.1. The topological polar surface area (TPSA) is 32.3 Å². The van der Waals surface area contributed by atoms with Crippen molar-refractivity contribution in [3.63, 3.8) is 0 Å². The summed E-state index contributed by atoms with van der Waals surface area (Å²) in [6.45, 7) is 8.05. The fraction of sp³-hybridized carbons (Fsp3) is 0.588. The largest absolute Gasteiger partial charge is 0.356 e. The van der Waals surface area contributed by atoms with Crippen LogP contribution in [0.15, 0.2) is 30.3 Å². The zero-order chi connectivity index (χ0) is 14.4. The molecule has 1 heterocycles. The number of rotatable bonds is 5. The van der Waals surface area contributed by atoms with Gasteiger partial charge in [0.1, 0.15) is 0 Å². The Kier molecular flexibility index (Phi) is 5.60. The molecule has 110 valence electrons. The standard InChI is InChI=1S/C17H26N2O/c1-14(2)17(20)18-12-15-8-10-19(11-9-15)13-16-6-4-3-5-7-16/h3-7,14-15H,8-13H2,1-2H3,(H,18,20). The second-order valence-electron chi connectivity index (χ2n) is 6.10. The van der Waals surface area contributed by atoms with Gasteiger partial charge < -0.3 is 5.32 Å². The Labute approximate surface area is 122 Å². The van der Waals surface area contributed by atoms with Crippen molar-refractivity contribution >= 4 is 5.91 Å². The predicted octanol–water partition coefficient (Wildman–Crippen LogP) is 2.67. The zero-order valence-electron chi connectivity index (χ0n) is 12.6. The Morgan fingerprint density at radius 3 is 2.50 bits per heavy atom. The number of likely N-dealkylation sites (tertiary alicyclic amines) is 1. The van der Waals surface area contributed by atoms with Crippen molar-refractivity contribution in [3.05, 3.63) is 35.9 Å². The number of hydrogen-bond donors (Lipinski definition) is 1. The lowest BCUT2D eigenvalue weighted by Gasteiger charge is -2.32. The van der Waals surface area contributed by atoms with Crippen LogP contribution in [0.2, 0.25) is 0 Å². The van der Waals surface area contributed by atoms with E-state index in [0.717, 1.165) is 26.2 Å². The van der Waals surface area contributed by atoms with Crippen LogP contribution < -0.4 is 5.32 Å². The third-order valence-electron chi connectivity index (χ3n) is 4.05. The minimum atomic E-state index is 0.0909. The second kappa shape index (κ2) is 7.44. The first kappa shape index (κ1) is 15.0. The maximum absolute atomic E-state index is 11.6. The molecule has 3 nitrogen and oxygen atoms in total. The number of hydrogen-bond acceptors (Lipinski definition) is 2. The fourth-order valence-corrected chi connectivity index (χ4v) is 2.64. The molecule has 1 N–H and O–H groups in total. The van der Waals surface area contributed by atoms with Crippen molar-refractivity contribution in [1.29, 1.82) is 0 Å². The number of nitrogens with one attached hydrogen (secondary N) is 1. The molecule has 1 aromatic carbocycles. The van der Waals surface area contributed by atoms with Gasteiger partial charge in [-0.25, -0.2) is 0 Å². The first-order chi connectivity index (χ1) is 9.65. The van der Waals surface area contributed by atoms with Gasteiger partial charge in [0.15, 0.2) is 0 Å². The van der Waals surface area contributed by atoms with Gasteiger partial charge in [-0.3, -0.25) is 9.69 Å². The van der Waals surface area contributed by atoms with Crippen LogP contribution >= 0.6 is 0 Å². The van der Waals surface area contributed by atoms with Gasteiger partial charge in [0, 0.05) is 19.0 Å². The lowest BCUT2D eigenvalue weighted by Crippen LogP contribution is -2.39. The molecule has 1 aliphatic heterocycles. The van der Waals surface area contributed by atoms with E-state index in [1.54, 1.807) is 0 Å². The van der Waals surface area contributed by atoms with E-state index in [4.69, 9.17) is 0 Å². The molecule has 0 bridgehead atoms. The molecular weight excluding hydrogens is 248 g/mol. The summed E-state index contributed by atoms with van der Waals surface area (Å²) in [4.78, 5) is 14.1. The van der Waals surface area contributed by atoms with Gasteiger partial charge in [-0.2, -0.15) is 0 Å². The Morgan fingerprint density at radius 1 is 1.25 bits per heavy atom. The summed E-state index contributed by atoms with van der Waals surface area (Å²) in [6.07, 6.45) is 2.37. The Morgan fingerprint density at radius 2 is 1.90 bits per heavy atom. The lowest BCUT2D eigenvalue weighted by atomic mass is 9.96. The molecule has 20 heavy (non-hydrogen) atoms. The average Bonchev–Trinajstić information content (AvgIpc) is 2.47. The van der Waals surface area contributed by atoms with Gasteiger partial charge in [-0.1, -0.05) is 44.2 Å². The van der Waals surface area contributed by atoms with Crippen LogP contribution in [0, 0.1) is 11.8 Å². The molecule has 1 amide bonds. The monoisotopic (exact) mass is 274 g/mol. The van der Waals surface area contributed by atoms with Gasteiger partial charge in [0.25, 0.3) is 0 Å². The van der Waals surface area contributed by atoms with Gasteiger partial charge in [0.05, 0.1) is 0 Å². The quantitative estimate of drug-likeness (QED) is 0.895. The van der Waals surface area contributed by atoms with E-state index in [1.807, 2.05) is 13.8 Å². The molecule has 0 aliphatic carbocycles. The van der Waals surface area contributed by atoms with Crippen LogP contribution in [0.25, 0.3) is 0 Å². The third kappa shape index (κ3) is 4.64. The van der Waals surface area contributed by atoms with Crippen LogP contribution in [0.5, 0.6) is 0 Å². The van der Waals surface area contributed by atoms with Crippen molar-refractivity contribution in [2.45, 2.75) is 33.2 Å². The second-order valence-corrected chi connectivity index (χ2v) is 6.10. The molecule has 1 aliphatic rings. The van der Waals surface area contributed by atoms with Crippen molar-refractivity contribution in [2.75, 3.05) is 19.6 Å². The highest BCUT2D eigenvalue weighted by Crippen LogP contribution is 2.18.